The number of carbonyl (C=O) groups is 2. The Bertz CT molecular complexity index is 1230. The number of ether oxygens (including phenoxy) is 2. The van der Waals surface area contributed by atoms with Gasteiger partial charge in [0.05, 0.1) is 19.8 Å². The molecule has 0 saturated carbocycles. The quantitative estimate of drug-likeness (QED) is 0.0233. The molecule has 0 aromatic carbocycles. The smallest absolute Gasteiger partial charge is 0.462 e. The molecule has 386 valence electrons. The van der Waals surface area contributed by atoms with E-state index in [-0.39, 0.29) is 19.4 Å². The first-order chi connectivity index (χ1) is 32.2. The summed E-state index contributed by atoms with van der Waals surface area (Å²) in [6, 6.07) is 0. The number of phosphoric acid groups is 1. The van der Waals surface area contributed by atoms with Crippen molar-refractivity contribution in [2.75, 3.05) is 26.4 Å². The third-order valence-corrected chi connectivity index (χ3v) is 12.7. The Labute approximate surface area is 404 Å². The molecule has 0 spiro atoms. The highest BCUT2D eigenvalue weighted by Crippen LogP contribution is 2.43. The van der Waals surface area contributed by atoms with Crippen LogP contribution in [0.25, 0.3) is 0 Å². The van der Waals surface area contributed by atoms with Gasteiger partial charge in [-0.25, -0.2) is 4.57 Å². The molecule has 66 heavy (non-hydrogen) atoms. The lowest BCUT2D eigenvalue weighted by Gasteiger charge is -2.20. The number of allylic oxidation sites excluding steroid dienone is 8. The number of hydrogen-bond donors (Lipinski definition) is 3. The van der Waals surface area contributed by atoms with Crippen LogP contribution in [0.2, 0.25) is 0 Å². The molecule has 0 aromatic heterocycles. The van der Waals surface area contributed by atoms with Gasteiger partial charge in [0.25, 0.3) is 0 Å². The molecule has 0 aliphatic heterocycles. The Kier molecular flexibility index (Phi) is 49.2. The van der Waals surface area contributed by atoms with Gasteiger partial charge in [-0.2, -0.15) is 0 Å². The average Bonchev–Trinajstić information content (AvgIpc) is 3.31. The van der Waals surface area contributed by atoms with Gasteiger partial charge in [-0.3, -0.25) is 18.6 Å². The van der Waals surface area contributed by atoms with E-state index in [0.717, 1.165) is 38.5 Å². The van der Waals surface area contributed by atoms with E-state index in [2.05, 4.69) is 56.4 Å². The van der Waals surface area contributed by atoms with E-state index in [1.165, 1.54) is 167 Å². The van der Waals surface area contributed by atoms with Crippen molar-refractivity contribution in [3.8, 4) is 0 Å². The molecule has 0 heterocycles. The SMILES string of the molecule is CCCCCCCCC/C=C/C/C=C/C/C=C/C/C=C/CCCC(=O)OC[C@H](COP(=O)(O)OC[C@@H](O)CO)OC(=O)CCCCCCCCCCCCCCCCCCCCCCCC. The summed E-state index contributed by atoms with van der Waals surface area (Å²) >= 11 is 0. The fraction of sp³-hybridized carbons (Fsp3) is 0.818. The van der Waals surface area contributed by atoms with E-state index in [0.29, 0.717) is 19.3 Å². The molecule has 3 N–H and O–H groups in total. The van der Waals surface area contributed by atoms with Gasteiger partial charge in [-0.1, -0.05) is 236 Å². The molecule has 11 heteroatoms. The number of hydrogen-bond acceptors (Lipinski definition) is 9. The molecular formula is C55H101O10P. The van der Waals surface area contributed by atoms with Crippen molar-refractivity contribution in [3.05, 3.63) is 48.6 Å². The number of phosphoric ester groups is 1. The van der Waals surface area contributed by atoms with Crippen molar-refractivity contribution in [3.63, 3.8) is 0 Å². The Morgan fingerprint density at radius 2 is 0.803 bits per heavy atom. The summed E-state index contributed by atoms with van der Waals surface area (Å²) in [5, 5.41) is 18.4. The molecule has 10 nitrogen and oxygen atoms in total. The van der Waals surface area contributed by atoms with Crippen LogP contribution in [0, 0.1) is 0 Å². The zero-order chi connectivity index (χ0) is 48.3. The van der Waals surface area contributed by atoms with E-state index in [1.54, 1.807) is 0 Å². The monoisotopic (exact) mass is 953 g/mol. The Morgan fingerprint density at radius 3 is 1.23 bits per heavy atom. The molecule has 0 amide bonds. The standard InChI is InChI=1S/C55H101O10P/c1-3-5-7-9-11-13-15-17-19-21-23-25-27-29-31-33-35-37-39-41-43-45-47-55(59)65-53(51-64-66(60,61)63-49-52(57)48-56)50-62-54(58)46-44-42-40-38-36-34-32-30-28-26-24-22-20-18-16-14-12-10-8-6-4-2/h20,22,26,28,32,34,38,40,52-53,56-57H,3-19,21,23-25,27,29-31,33,35-37,39,41-51H2,1-2H3,(H,60,61)/b22-20+,28-26+,34-32+,40-38+/t52-,53+/m0/s1. The number of aliphatic hydroxyl groups is 2. The molecule has 0 radical (unpaired) electrons. The maximum atomic E-state index is 12.7. The average molecular weight is 953 g/mol. The van der Waals surface area contributed by atoms with Gasteiger partial charge < -0.3 is 24.6 Å². The molecule has 0 rings (SSSR count). The minimum atomic E-state index is -4.64. The summed E-state index contributed by atoms with van der Waals surface area (Å²) in [6.07, 6.45) is 58.1. The number of unbranched alkanes of at least 4 members (excludes halogenated alkanes) is 29. The first-order valence-electron chi connectivity index (χ1n) is 27.1. The Balaban J connectivity index is 4.22. The second-order valence-corrected chi connectivity index (χ2v) is 19.7. The molecule has 1 unspecified atom stereocenters. The van der Waals surface area contributed by atoms with Crippen LogP contribution in [0.3, 0.4) is 0 Å². The summed E-state index contributed by atoms with van der Waals surface area (Å²) < 4.78 is 32.9. The van der Waals surface area contributed by atoms with Crippen LogP contribution in [0.15, 0.2) is 48.6 Å². The van der Waals surface area contributed by atoms with Crippen molar-refractivity contribution in [1.82, 2.24) is 0 Å². The van der Waals surface area contributed by atoms with Crippen LogP contribution in [0.1, 0.15) is 251 Å². The second-order valence-electron chi connectivity index (χ2n) is 18.3. The van der Waals surface area contributed by atoms with Crippen LogP contribution in [0.5, 0.6) is 0 Å². The van der Waals surface area contributed by atoms with Gasteiger partial charge in [0.2, 0.25) is 0 Å². The van der Waals surface area contributed by atoms with Crippen LogP contribution in [-0.4, -0.2) is 65.7 Å². The third-order valence-electron chi connectivity index (χ3n) is 11.7. The van der Waals surface area contributed by atoms with E-state index in [4.69, 9.17) is 23.6 Å². The van der Waals surface area contributed by atoms with Gasteiger partial charge in [-0.05, 0) is 51.4 Å². The number of aliphatic hydroxyl groups excluding tert-OH is 2. The predicted molar refractivity (Wildman–Crippen MR) is 274 cm³/mol. The third kappa shape index (κ3) is 49.8. The minimum Gasteiger partial charge on any atom is -0.462 e. The van der Waals surface area contributed by atoms with Crippen LogP contribution >= 0.6 is 7.82 Å². The molecule has 3 atom stereocenters. The molecule has 0 aliphatic carbocycles. The van der Waals surface area contributed by atoms with Crippen LogP contribution in [0.4, 0.5) is 0 Å². The second kappa shape index (κ2) is 50.8. The summed E-state index contributed by atoms with van der Waals surface area (Å²) in [5.41, 5.74) is 0. The number of esters is 2. The topological polar surface area (TPSA) is 149 Å². The van der Waals surface area contributed by atoms with Crippen molar-refractivity contribution >= 4 is 19.8 Å². The van der Waals surface area contributed by atoms with Crippen molar-refractivity contribution < 1.29 is 47.8 Å². The fourth-order valence-electron chi connectivity index (χ4n) is 7.58. The van der Waals surface area contributed by atoms with E-state index < -0.39 is 51.8 Å². The lowest BCUT2D eigenvalue weighted by molar-refractivity contribution is -0.161. The summed E-state index contributed by atoms with van der Waals surface area (Å²) in [4.78, 5) is 35.2. The fourth-order valence-corrected chi connectivity index (χ4v) is 8.37. The highest BCUT2D eigenvalue weighted by Gasteiger charge is 2.27. The normalized spacial score (nSPS) is 14.0. The van der Waals surface area contributed by atoms with E-state index >= 15 is 0 Å². The summed E-state index contributed by atoms with van der Waals surface area (Å²) in [6.45, 7) is 2.36. The molecule has 0 fully saturated rings. The van der Waals surface area contributed by atoms with E-state index in [1.807, 2.05) is 6.08 Å². The largest absolute Gasteiger partial charge is 0.472 e. The highest BCUT2D eigenvalue weighted by atomic mass is 31.2. The lowest BCUT2D eigenvalue weighted by Crippen LogP contribution is -2.29. The lowest BCUT2D eigenvalue weighted by atomic mass is 10.0. The zero-order valence-corrected chi connectivity index (χ0v) is 43.3. The zero-order valence-electron chi connectivity index (χ0n) is 42.4. The molecular weight excluding hydrogens is 852 g/mol. The molecule has 0 bridgehead atoms. The van der Waals surface area contributed by atoms with Crippen LogP contribution < -0.4 is 0 Å². The Hall–Kier alpha value is -2.07. The van der Waals surface area contributed by atoms with Crippen molar-refractivity contribution in [1.29, 1.82) is 0 Å². The Morgan fingerprint density at radius 1 is 0.455 bits per heavy atom. The van der Waals surface area contributed by atoms with Gasteiger partial charge >= 0.3 is 19.8 Å². The first kappa shape index (κ1) is 63.9. The van der Waals surface area contributed by atoms with Crippen molar-refractivity contribution in [2.24, 2.45) is 0 Å². The first-order valence-corrected chi connectivity index (χ1v) is 28.6. The predicted octanol–water partition coefficient (Wildman–Crippen LogP) is 15.6. The van der Waals surface area contributed by atoms with Gasteiger partial charge in [0.1, 0.15) is 12.7 Å². The van der Waals surface area contributed by atoms with Gasteiger partial charge in [0.15, 0.2) is 6.10 Å². The molecule has 0 saturated heterocycles. The minimum absolute atomic E-state index is 0.167. The summed E-state index contributed by atoms with van der Waals surface area (Å²) in [7, 11) is -4.64. The number of carbonyl (C=O) groups excluding carboxylic acids is 2. The maximum Gasteiger partial charge on any atom is 0.472 e. The molecule has 0 aliphatic rings. The number of rotatable bonds is 51. The van der Waals surface area contributed by atoms with Crippen molar-refractivity contribution in [2.45, 2.75) is 264 Å². The maximum absolute atomic E-state index is 12.7. The van der Waals surface area contributed by atoms with Gasteiger partial charge in [0, 0.05) is 12.8 Å². The van der Waals surface area contributed by atoms with Crippen LogP contribution in [-0.2, 0) is 32.7 Å². The van der Waals surface area contributed by atoms with E-state index in [9.17, 15) is 24.2 Å². The highest BCUT2D eigenvalue weighted by molar-refractivity contribution is 7.47. The molecule has 0 aromatic rings. The van der Waals surface area contributed by atoms with Gasteiger partial charge in [-0.15, -0.1) is 0 Å². The summed E-state index contributed by atoms with van der Waals surface area (Å²) in [5.74, 6) is -0.980.